The summed E-state index contributed by atoms with van der Waals surface area (Å²) in [5, 5.41) is 9.57. The lowest BCUT2D eigenvalue weighted by Gasteiger charge is -2.16. The van der Waals surface area contributed by atoms with Gasteiger partial charge in [0.1, 0.15) is 12.1 Å². The Kier molecular flexibility index (Phi) is 3.12. The van der Waals surface area contributed by atoms with Gasteiger partial charge in [-0.25, -0.2) is 19.3 Å². The van der Waals surface area contributed by atoms with Crippen molar-refractivity contribution in [3.05, 3.63) is 22.9 Å². The smallest absolute Gasteiger partial charge is 0.348 e. The minimum absolute atomic E-state index is 0.269. The Labute approximate surface area is 99.1 Å². The number of nitrogens with zero attached hydrogens (tertiary/aromatic N) is 3. The van der Waals surface area contributed by atoms with Crippen LogP contribution in [0.3, 0.4) is 0 Å². The van der Waals surface area contributed by atoms with Gasteiger partial charge < -0.3 is 5.32 Å². The van der Waals surface area contributed by atoms with Crippen molar-refractivity contribution in [2.24, 2.45) is 5.92 Å². The second-order valence-corrected chi connectivity index (χ2v) is 4.71. The van der Waals surface area contributed by atoms with Crippen LogP contribution < -0.4 is 11.0 Å². The summed E-state index contributed by atoms with van der Waals surface area (Å²) in [6.45, 7) is 6.48. The third-order valence-corrected chi connectivity index (χ3v) is 2.53. The molecular formula is C11H17N5O. The van der Waals surface area contributed by atoms with Gasteiger partial charge in [-0.2, -0.15) is 5.10 Å². The number of nitrogens with one attached hydrogen (secondary N) is 2. The molecule has 2 aromatic heterocycles. The minimum atomic E-state index is -0.269. The number of rotatable bonds is 4. The highest BCUT2D eigenvalue weighted by Crippen LogP contribution is 2.11. The average molecular weight is 235 g/mol. The lowest BCUT2D eigenvalue weighted by atomic mass is 10.1. The fourth-order valence-corrected chi connectivity index (χ4v) is 1.91. The molecule has 6 heteroatoms. The van der Waals surface area contributed by atoms with E-state index in [9.17, 15) is 4.79 Å². The van der Waals surface area contributed by atoms with Crippen LogP contribution in [0.4, 0.5) is 5.82 Å². The Morgan fingerprint density at radius 2 is 2.24 bits per heavy atom. The normalized spacial score (nSPS) is 13.2. The van der Waals surface area contributed by atoms with Gasteiger partial charge in [-0.3, -0.25) is 0 Å². The molecule has 0 aliphatic heterocycles. The molecule has 2 aromatic rings. The van der Waals surface area contributed by atoms with Crippen molar-refractivity contribution in [2.45, 2.75) is 33.2 Å². The van der Waals surface area contributed by atoms with Crippen molar-refractivity contribution in [1.29, 1.82) is 0 Å². The number of aromatic amines is 1. The summed E-state index contributed by atoms with van der Waals surface area (Å²) in [7, 11) is 0. The van der Waals surface area contributed by atoms with Crippen LogP contribution in [0.15, 0.2) is 17.2 Å². The molecule has 0 aliphatic rings. The van der Waals surface area contributed by atoms with Gasteiger partial charge in [-0.1, -0.05) is 13.8 Å². The molecule has 17 heavy (non-hydrogen) atoms. The molecule has 6 nitrogen and oxygen atoms in total. The van der Waals surface area contributed by atoms with E-state index in [1.807, 2.05) is 0 Å². The molecule has 92 valence electrons. The third kappa shape index (κ3) is 2.64. The van der Waals surface area contributed by atoms with Crippen molar-refractivity contribution in [3.63, 3.8) is 0 Å². The maximum absolute atomic E-state index is 11.2. The van der Waals surface area contributed by atoms with Gasteiger partial charge >= 0.3 is 5.69 Å². The molecule has 0 aromatic carbocycles. The van der Waals surface area contributed by atoms with Crippen LogP contribution in [0.5, 0.6) is 0 Å². The first-order valence-electron chi connectivity index (χ1n) is 5.75. The quantitative estimate of drug-likeness (QED) is 0.836. The lowest BCUT2D eigenvalue weighted by molar-refractivity contribution is 0.539. The Morgan fingerprint density at radius 1 is 1.47 bits per heavy atom. The van der Waals surface area contributed by atoms with Gasteiger partial charge in [0, 0.05) is 12.1 Å². The molecule has 0 amide bonds. The van der Waals surface area contributed by atoms with Gasteiger partial charge in [0.2, 0.25) is 0 Å². The molecule has 2 N–H and O–H groups in total. The molecule has 0 bridgehead atoms. The summed E-state index contributed by atoms with van der Waals surface area (Å²) < 4.78 is 1.37. The Hall–Kier alpha value is -1.85. The van der Waals surface area contributed by atoms with Gasteiger partial charge in [-0.15, -0.1) is 0 Å². The van der Waals surface area contributed by atoms with E-state index in [4.69, 9.17) is 0 Å². The van der Waals surface area contributed by atoms with Crippen molar-refractivity contribution in [3.8, 4) is 0 Å². The molecule has 2 rings (SSSR count). The molecule has 0 saturated heterocycles. The van der Waals surface area contributed by atoms with Crippen molar-refractivity contribution in [1.82, 2.24) is 19.6 Å². The van der Waals surface area contributed by atoms with Crippen LogP contribution >= 0.6 is 0 Å². The molecule has 2 heterocycles. The highest BCUT2D eigenvalue weighted by molar-refractivity contribution is 5.48. The predicted molar refractivity (Wildman–Crippen MR) is 66.1 cm³/mol. The monoisotopic (exact) mass is 235 g/mol. The van der Waals surface area contributed by atoms with E-state index in [0.717, 1.165) is 12.2 Å². The van der Waals surface area contributed by atoms with E-state index in [0.29, 0.717) is 17.6 Å². The van der Waals surface area contributed by atoms with Crippen LogP contribution in [0.2, 0.25) is 0 Å². The van der Waals surface area contributed by atoms with Gasteiger partial charge in [-0.05, 0) is 19.3 Å². The van der Waals surface area contributed by atoms with Crippen LogP contribution in [0, 0.1) is 5.92 Å². The summed E-state index contributed by atoms with van der Waals surface area (Å²) in [5.74, 6) is 1.37. The summed E-state index contributed by atoms with van der Waals surface area (Å²) >= 11 is 0. The van der Waals surface area contributed by atoms with Crippen LogP contribution in [-0.2, 0) is 0 Å². The summed E-state index contributed by atoms with van der Waals surface area (Å²) in [6.07, 6.45) is 2.55. The topological polar surface area (TPSA) is 75.1 Å². The molecule has 1 atom stereocenters. The Balaban J connectivity index is 2.16. The first-order chi connectivity index (χ1) is 8.06. The van der Waals surface area contributed by atoms with Crippen molar-refractivity contribution < 1.29 is 0 Å². The van der Waals surface area contributed by atoms with E-state index in [1.54, 1.807) is 6.07 Å². The first kappa shape index (κ1) is 11.6. The number of aromatic nitrogens is 4. The molecule has 0 saturated carbocycles. The average Bonchev–Trinajstić information content (AvgIpc) is 2.58. The highest BCUT2D eigenvalue weighted by atomic mass is 16.1. The molecule has 1 unspecified atom stereocenters. The maximum Gasteiger partial charge on any atom is 0.348 e. The van der Waals surface area contributed by atoms with Crippen molar-refractivity contribution >= 4 is 11.5 Å². The van der Waals surface area contributed by atoms with Crippen LogP contribution in [0.1, 0.15) is 27.2 Å². The van der Waals surface area contributed by atoms with E-state index >= 15 is 0 Å². The van der Waals surface area contributed by atoms with Gasteiger partial charge in [0.15, 0.2) is 5.65 Å². The second-order valence-electron chi connectivity index (χ2n) is 4.71. The predicted octanol–water partition coefficient (Wildman–Crippen LogP) is 1.26. The molecule has 0 radical (unpaired) electrons. The fraction of sp³-hybridized carbons (Fsp3) is 0.545. The molecular weight excluding hydrogens is 218 g/mol. The number of anilines is 1. The zero-order chi connectivity index (χ0) is 12.4. The number of fused-ring (bicyclic) bond motifs is 1. The maximum atomic E-state index is 11.2. The minimum Gasteiger partial charge on any atom is -0.367 e. The third-order valence-electron chi connectivity index (χ3n) is 2.53. The zero-order valence-corrected chi connectivity index (χ0v) is 10.3. The highest BCUT2D eigenvalue weighted by Gasteiger charge is 2.07. The zero-order valence-electron chi connectivity index (χ0n) is 10.3. The SMILES string of the molecule is CC(C)CC(C)Nc1cc2n[nH]c(=O)n2cn1. The largest absolute Gasteiger partial charge is 0.367 e. The number of hydrogen-bond donors (Lipinski definition) is 2. The number of hydrogen-bond acceptors (Lipinski definition) is 4. The lowest BCUT2D eigenvalue weighted by Crippen LogP contribution is -2.18. The summed E-state index contributed by atoms with van der Waals surface area (Å²) in [6, 6.07) is 2.10. The molecule has 0 fully saturated rings. The van der Waals surface area contributed by atoms with Gasteiger partial charge in [0.05, 0.1) is 0 Å². The summed E-state index contributed by atoms with van der Waals surface area (Å²) in [5.41, 5.74) is 0.304. The van der Waals surface area contributed by atoms with Crippen LogP contribution in [0.25, 0.3) is 5.65 Å². The Bertz CT molecular complexity index is 556. The first-order valence-corrected chi connectivity index (χ1v) is 5.75. The Morgan fingerprint density at radius 3 is 2.94 bits per heavy atom. The fourth-order valence-electron chi connectivity index (χ4n) is 1.91. The second kappa shape index (κ2) is 4.57. The van der Waals surface area contributed by atoms with Crippen LogP contribution in [-0.4, -0.2) is 25.6 Å². The molecule has 0 spiro atoms. The molecule has 0 aliphatic carbocycles. The van der Waals surface area contributed by atoms with E-state index in [1.165, 1.54) is 10.7 Å². The van der Waals surface area contributed by atoms with Crippen molar-refractivity contribution in [2.75, 3.05) is 5.32 Å². The van der Waals surface area contributed by atoms with Gasteiger partial charge in [0.25, 0.3) is 0 Å². The van der Waals surface area contributed by atoms with E-state index in [-0.39, 0.29) is 5.69 Å². The van der Waals surface area contributed by atoms with E-state index in [2.05, 4.69) is 41.3 Å². The van der Waals surface area contributed by atoms with E-state index < -0.39 is 0 Å². The number of H-pyrrole nitrogens is 1. The standard InChI is InChI=1S/C11H17N5O/c1-7(2)4-8(3)13-9-5-10-14-15-11(17)16(10)6-12-9/h5-8,13H,4H2,1-3H3,(H,15,17). The summed E-state index contributed by atoms with van der Waals surface area (Å²) in [4.78, 5) is 15.4.